The zero-order valence-electron chi connectivity index (χ0n) is 5.85. The minimum atomic E-state index is -1.48. The number of carbonyl (C=O) groups is 1. The number of hydrogen-bond acceptors (Lipinski definition) is 1. The summed E-state index contributed by atoms with van der Waals surface area (Å²) in [7, 11) is 0. The highest BCUT2D eigenvalue weighted by Gasteiger charge is 2.36. The Morgan fingerprint density at radius 1 is 1.58 bits per heavy atom. The number of hydrogen-bond donors (Lipinski definition) is 1. The Kier molecular flexibility index (Phi) is 2.71. The van der Waals surface area contributed by atoms with Gasteiger partial charge in [-0.25, -0.2) is 4.79 Å². The van der Waals surface area contributed by atoms with Crippen molar-refractivity contribution in [3.05, 3.63) is 22.2 Å². The highest BCUT2D eigenvalue weighted by Crippen LogP contribution is 2.35. The molecular weight excluding hydrogens is 222 g/mol. The molecule has 5 heteroatoms. The van der Waals surface area contributed by atoms with Crippen molar-refractivity contribution in [1.29, 1.82) is 0 Å². The summed E-state index contributed by atoms with van der Waals surface area (Å²) in [4.78, 5) is 9.16. The van der Waals surface area contributed by atoms with Crippen molar-refractivity contribution < 1.29 is 9.90 Å². The van der Waals surface area contributed by atoms with E-state index in [0.29, 0.717) is 5.03 Å². The van der Waals surface area contributed by atoms with Gasteiger partial charge >= 0.3 is 5.97 Å². The molecule has 1 N–H and O–H groups in total. The number of carboxylic acid groups (broad SMARTS) is 1. The molecule has 0 amide bonds. The largest absolute Gasteiger partial charge is 0.480 e. The van der Waals surface area contributed by atoms with Crippen LogP contribution in [0.1, 0.15) is 6.42 Å². The number of alkyl halides is 1. The van der Waals surface area contributed by atoms with Crippen molar-refractivity contribution in [1.82, 2.24) is 0 Å². The van der Waals surface area contributed by atoms with Gasteiger partial charge in [0.1, 0.15) is 0 Å². The fourth-order valence-corrected chi connectivity index (χ4v) is 1.98. The van der Waals surface area contributed by atoms with Gasteiger partial charge in [-0.1, -0.05) is 23.2 Å². The molecule has 0 aromatic heterocycles. The molecule has 1 atom stereocenters. The summed E-state index contributed by atoms with van der Waals surface area (Å²) in [5, 5.41) is 9.31. The molecule has 66 valence electrons. The first-order chi connectivity index (χ1) is 5.44. The lowest BCUT2D eigenvalue weighted by Crippen LogP contribution is -2.31. The SMILES string of the molecule is O=C(O)C1(Cl)C=C(Cl)C=C(Cl)C1. The molecule has 0 aliphatic heterocycles. The van der Waals surface area contributed by atoms with Crippen molar-refractivity contribution in [3.8, 4) is 0 Å². The Labute approximate surface area is 84.4 Å². The van der Waals surface area contributed by atoms with Crippen LogP contribution in [0.5, 0.6) is 0 Å². The monoisotopic (exact) mass is 226 g/mol. The van der Waals surface area contributed by atoms with E-state index >= 15 is 0 Å². The molecule has 12 heavy (non-hydrogen) atoms. The predicted octanol–water partition coefficient (Wildman–Crippen LogP) is 2.70. The number of rotatable bonds is 1. The van der Waals surface area contributed by atoms with Gasteiger partial charge in [-0.05, 0) is 12.2 Å². The smallest absolute Gasteiger partial charge is 0.329 e. The van der Waals surface area contributed by atoms with Gasteiger partial charge in [-0.3, -0.25) is 0 Å². The normalized spacial score (nSPS) is 29.2. The molecule has 0 aromatic rings. The van der Waals surface area contributed by atoms with E-state index < -0.39 is 10.8 Å². The summed E-state index contributed by atoms with van der Waals surface area (Å²) in [5.41, 5.74) is 0. The van der Waals surface area contributed by atoms with E-state index in [4.69, 9.17) is 39.9 Å². The van der Waals surface area contributed by atoms with Crippen LogP contribution >= 0.6 is 34.8 Å². The zero-order chi connectivity index (χ0) is 9.35. The van der Waals surface area contributed by atoms with Crippen LogP contribution in [-0.4, -0.2) is 16.0 Å². The van der Waals surface area contributed by atoms with Gasteiger partial charge in [-0.2, -0.15) is 0 Å². The van der Waals surface area contributed by atoms with E-state index in [9.17, 15) is 4.79 Å². The van der Waals surface area contributed by atoms with Gasteiger partial charge < -0.3 is 5.11 Å². The lowest BCUT2D eigenvalue weighted by molar-refractivity contribution is -0.138. The molecule has 0 bridgehead atoms. The molecule has 1 aliphatic carbocycles. The minimum absolute atomic E-state index is 0.0711. The fraction of sp³-hybridized carbons (Fsp3) is 0.286. The lowest BCUT2D eigenvalue weighted by atomic mass is 10.00. The Morgan fingerprint density at radius 3 is 2.58 bits per heavy atom. The Morgan fingerprint density at radius 2 is 2.17 bits per heavy atom. The van der Waals surface area contributed by atoms with Gasteiger partial charge in [0.25, 0.3) is 0 Å². The average Bonchev–Trinajstić information content (AvgIpc) is 1.82. The molecule has 0 saturated heterocycles. The molecule has 1 unspecified atom stereocenters. The van der Waals surface area contributed by atoms with Gasteiger partial charge in [0, 0.05) is 16.5 Å². The van der Waals surface area contributed by atoms with Crippen molar-refractivity contribution in [3.63, 3.8) is 0 Å². The molecule has 0 fully saturated rings. The fourth-order valence-electron chi connectivity index (χ4n) is 0.895. The van der Waals surface area contributed by atoms with Crippen molar-refractivity contribution in [2.75, 3.05) is 0 Å². The number of halogens is 3. The molecule has 0 radical (unpaired) electrons. The topological polar surface area (TPSA) is 37.3 Å². The highest BCUT2D eigenvalue weighted by atomic mass is 35.5. The van der Waals surface area contributed by atoms with E-state index in [2.05, 4.69) is 0 Å². The van der Waals surface area contributed by atoms with Crippen molar-refractivity contribution in [2.45, 2.75) is 11.3 Å². The first-order valence-corrected chi connectivity index (χ1v) is 4.24. The zero-order valence-corrected chi connectivity index (χ0v) is 8.12. The number of carboxylic acids is 1. The number of allylic oxidation sites excluding steroid dienone is 3. The third-order valence-electron chi connectivity index (χ3n) is 1.44. The maximum atomic E-state index is 10.6. The summed E-state index contributed by atoms with van der Waals surface area (Å²) in [6.07, 6.45) is 2.82. The van der Waals surface area contributed by atoms with Crippen LogP contribution in [0.3, 0.4) is 0 Å². The lowest BCUT2D eigenvalue weighted by Gasteiger charge is -2.21. The van der Waals surface area contributed by atoms with Crippen LogP contribution in [0.15, 0.2) is 22.2 Å². The maximum absolute atomic E-state index is 10.6. The van der Waals surface area contributed by atoms with Crippen LogP contribution in [-0.2, 0) is 4.79 Å². The van der Waals surface area contributed by atoms with Crippen LogP contribution in [0.25, 0.3) is 0 Å². The van der Waals surface area contributed by atoms with Crippen LogP contribution in [0.2, 0.25) is 0 Å². The van der Waals surface area contributed by atoms with Gasteiger partial charge in [0.05, 0.1) is 0 Å². The molecule has 0 aromatic carbocycles. The van der Waals surface area contributed by atoms with Crippen molar-refractivity contribution >= 4 is 40.8 Å². The van der Waals surface area contributed by atoms with E-state index in [0.717, 1.165) is 0 Å². The van der Waals surface area contributed by atoms with Crippen LogP contribution in [0, 0.1) is 0 Å². The Balaban J connectivity index is 3.00. The average molecular weight is 227 g/mol. The summed E-state index contributed by atoms with van der Waals surface area (Å²) in [6, 6.07) is 0. The summed E-state index contributed by atoms with van der Waals surface area (Å²) in [6.45, 7) is 0. The minimum Gasteiger partial charge on any atom is -0.480 e. The second-order valence-corrected chi connectivity index (χ2v) is 4.06. The summed E-state index contributed by atoms with van der Waals surface area (Å²) < 4.78 is 0. The number of aliphatic carboxylic acids is 1. The second kappa shape index (κ2) is 3.29. The van der Waals surface area contributed by atoms with Gasteiger partial charge in [0.2, 0.25) is 0 Å². The first kappa shape index (κ1) is 9.90. The molecule has 0 heterocycles. The van der Waals surface area contributed by atoms with Gasteiger partial charge in [-0.15, -0.1) is 11.6 Å². The third kappa shape index (κ3) is 1.94. The second-order valence-electron chi connectivity index (χ2n) is 2.46. The molecular formula is C7H5Cl3O2. The van der Waals surface area contributed by atoms with Gasteiger partial charge in [0.15, 0.2) is 4.87 Å². The molecule has 1 rings (SSSR count). The van der Waals surface area contributed by atoms with E-state index in [1.807, 2.05) is 0 Å². The highest BCUT2D eigenvalue weighted by molar-refractivity contribution is 6.41. The van der Waals surface area contributed by atoms with E-state index in [-0.39, 0.29) is 11.5 Å². The Bertz CT molecular complexity index is 282. The van der Waals surface area contributed by atoms with Crippen LogP contribution in [0.4, 0.5) is 0 Å². The molecule has 2 nitrogen and oxygen atoms in total. The predicted molar refractivity (Wildman–Crippen MR) is 48.7 cm³/mol. The third-order valence-corrected chi connectivity index (χ3v) is 2.31. The molecule has 0 saturated carbocycles. The van der Waals surface area contributed by atoms with E-state index in [1.54, 1.807) is 0 Å². The Hall–Kier alpha value is -0.180. The molecule has 0 spiro atoms. The van der Waals surface area contributed by atoms with Crippen LogP contribution < -0.4 is 0 Å². The van der Waals surface area contributed by atoms with E-state index in [1.165, 1.54) is 12.2 Å². The summed E-state index contributed by atoms with van der Waals surface area (Å²) in [5.74, 6) is -1.14. The first-order valence-electron chi connectivity index (χ1n) is 3.11. The standard InChI is InChI=1S/C7H5Cl3O2/c8-4-1-5(9)3-7(10,2-4)6(11)12/h1-2H,3H2,(H,11,12). The molecule has 1 aliphatic rings. The van der Waals surface area contributed by atoms with Crippen molar-refractivity contribution in [2.24, 2.45) is 0 Å². The maximum Gasteiger partial charge on any atom is 0.329 e. The summed E-state index contributed by atoms with van der Waals surface area (Å²) >= 11 is 16.9. The quantitative estimate of drug-likeness (QED) is 0.699.